The van der Waals surface area contributed by atoms with Gasteiger partial charge in [0.05, 0.1) is 5.69 Å². The van der Waals surface area contributed by atoms with Crippen molar-refractivity contribution in [2.24, 2.45) is 0 Å². The molecule has 2 heteroatoms. The molecular weight excluding hydrogens is 558 g/mol. The highest BCUT2D eigenvalue weighted by Gasteiger charge is 2.17. The van der Waals surface area contributed by atoms with Crippen molar-refractivity contribution in [3.8, 4) is 22.3 Å². The van der Waals surface area contributed by atoms with Crippen LogP contribution in [-0.2, 0) is 0 Å². The topological polar surface area (TPSA) is 16.4 Å². The van der Waals surface area contributed by atoms with Crippen molar-refractivity contribution in [3.05, 3.63) is 176 Å². The van der Waals surface area contributed by atoms with Gasteiger partial charge in [0, 0.05) is 27.5 Å². The fourth-order valence-corrected chi connectivity index (χ4v) is 6.73. The molecule has 0 fully saturated rings. The van der Waals surface area contributed by atoms with Gasteiger partial charge < -0.3 is 9.32 Å². The maximum atomic E-state index is 6.08. The van der Waals surface area contributed by atoms with Gasteiger partial charge in [-0.05, 0) is 93.0 Å². The molecule has 0 unspecified atom stereocenters. The van der Waals surface area contributed by atoms with Crippen molar-refractivity contribution in [2.45, 2.75) is 0 Å². The lowest BCUT2D eigenvalue weighted by molar-refractivity contribution is 0.669. The van der Waals surface area contributed by atoms with Crippen molar-refractivity contribution in [1.82, 2.24) is 0 Å². The monoisotopic (exact) mass is 587 g/mol. The highest BCUT2D eigenvalue weighted by atomic mass is 16.3. The normalized spacial score (nSPS) is 11.5. The molecule has 0 aliphatic heterocycles. The third kappa shape index (κ3) is 4.51. The zero-order valence-corrected chi connectivity index (χ0v) is 25.1. The van der Waals surface area contributed by atoms with E-state index in [1.54, 1.807) is 0 Å². The second-order valence-electron chi connectivity index (χ2n) is 11.8. The zero-order chi connectivity index (χ0) is 30.5. The van der Waals surface area contributed by atoms with Crippen LogP contribution in [0.5, 0.6) is 0 Å². The summed E-state index contributed by atoms with van der Waals surface area (Å²) in [5.41, 5.74) is 9.91. The maximum absolute atomic E-state index is 6.08. The molecule has 9 rings (SSSR count). The first kappa shape index (κ1) is 26.3. The number of hydrogen-bond acceptors (Lipinski definition) is 2. The predicted octanol–water partition coefficient (Wildman–Crippen LogP) is 12.7. The molecule has 0 atom stereocenters. The van der Waals surface area contributed by atoms with Crippen LogP contribution >= 0.6 is 0 Å². The molecule has 1 aromatic heterocycles. The second kappa shape index (κ2) is 10.8. The highest BCUT2D eigenvalue weighted by molar-refractivity contribution is 6.06. The molecular formula is C44H29NO. The van der Waals surface area contributed by atoms with Crippen molar-refractivity contribution < 1.29 is 4.42 Å². The number of nitrogens with zero attached hydrogens (tertiary/aromatic N) is 1. The smallest absolute Gasteiger partial charge is 0.135 e. The standard InChI is InChI=1S/C44H29NO/c1-2-11-33-27-35(20-19-30(33)9-1)34-13-7-14-38(28-34)45(42-17-8-12-32-10-3-4-15-39(32)42)37-24-21-31(22-25-37)36-23-26-44-41(29-36)40-16-5-6-18-43(40)46-44/h1-29H. The molecule has 9 aromatic rings. The number of benzene rings is 8. The van der Waals surface area contributed by atoms with E-state index in [1.807, 2.05) is 12.1 Å². The quantitative estimate of drug-likeness (QED) is 0.199. The van der Waals surface area contributed by atoms with Crippen molar-refractivity contribution in [1.29, 1.82) is 0 Å². The molecule has 216 valence electrons. The van der Waals surface area contributed by atoms with Gasteiger partial charge in [-0.1, -0.05) is 121 Å². The van der Waals surface area contributed by atoms with Crippen molar-refractivity contribution in [2.75, 3.05) is 4.90 Å². The molecule has 46 heavy (non-hydrogen) atoms. The Morgan fingerprint density at radius 2 is 0.957 bits per heavy atom. The first-order valence-electron chi connectivity index (χ1n) is 15.7. The third-order valence-electron chi connectivity index (χ3n) is 9.03. The molecule has 0 aliphatic carbocycles. The molecule has 0 aliphatic rings. The van der Waals surface area contributed by atoms with Gasteiger partial charge in [0.25, 0.3) is 0 Å². The van der Waals surface area contributed by atoms with Crippen LogP contribution in [0.3, 0.4) is 0 Å². The Hall–Kier alpha value is -6.12. The summed E-state index contributed by atoms with van der Waals surface area (Å²) < 4.78 is 6.08. The first-order chi connectivity index (χ1) is 22.8. The van der Waals surface area contributed by atoms with Crippen LogP contribution in [0.15, 0.2) is 180 Å². The largest absolute Gasteiger partial charge is 0.456 e. The van der Waals surface area contributed by atoms with Gasteiger partial charge in [0.1, 0.15) is 11.2 Å². The minimum absolute atomic E-state index is 0.912. The van der Waals surface area contributed by atoms with Crippen molar-refractivity contribution >= 4 is 60.5 Å². The lowest BCUT2D eigenvalue weighted by Gasteiger charge is -2.27. The van der Waals surface area contributed by atoms with E-state index in [0.717, 1.165) is 39.0 Å². The molecule has 0 N–H and O–H groups in total. The number of anilines is 3. The molecule has 0 saturated heterocycles. The molecule has 0 bridgehead atoms. The Balaban J connectivity index is 1.17. The van der Waals surface area contributed by atoms with Gasteiger partial charge >= 0.3 is 0 Å². The van der Waals surface area contributed by atoms with Gasteiger partial charge in [-0.3, -0.25) is 0 Å². The van der Waals surface area contributed by atoms with Crippen molar-refractivity contribution in [3.63, 3.8) is 0 Å². The van der Waals surface area contributed by atoms with Crippen LogP contribution in [0, 0.1) is 0 Å². The SMILES string of the molecule is c1cc(-c2ccc3ccccc3c2)cc(N(c2ccc(-c3ccc4oc5ccccc5c4c3)cc2)c2cccc3ccccc23)c1. The molecule has 2 nitrogen and oxygen atoms in total. The Labute approximate surface area is 267 Å². The summed E-state index contributed by atoms with van der Waals surface area (Å²) >= 11 is 0. The number of hydrogen-bond donors (Lipinski definition) is 0. The maximum Gasteiger partial charge on any atom is 0.135 e. The van der Waals surface area contributed by atoms with E-state index in [2.05, 4.69) is 169 Å². The van der Waals surface area contributed by atoms with Crippen LogP contribution < -0.4 is 4.90 Å². The fourth-order valence-electron chi connectivity index (χ4n) is 6.73. The Bertz CT molecular complexity index is 2530. The number of para-hydroxylation sites is 1. The van der Waals surface area contributed by atoms with Gasteiger partial charge in [0.15, 0.2) is 0 Å². The molecule has 0 radical (unpaired) electrons. The van der Waals surface area contributed by atoms with Gasteiger partial charge in [-0.15, -0.1) is 0 Å². The van der Waals surface area contributed by atoms with Crippen LogP contribution in [0.4, 0.5) is 17.1 Å². The van der Waals surface area contributed by atoms with Crippen LogP contribution in [0.1, 0.15) is 0 Å². The summed E-state index contributed by atoms with van der Waals surface area (Å²) in [4.78, 5) is 2.38. The number of furan rings is 1. The van der Waals surface area contributed by atoms with E-state index in [0.29, 0.717) is 0 Å². The second-order valence-corrected chi connectivity index (χ2v) is 11.8. The summed E-state index contributed by atoms with van der Waals surface area (Å²) in [5.74, 6) is 0. The molecule has 8 aromatic carbocycles. The molecule has 0 spiro atoms. The van der Waals surface area contributed by atoms with E-state index in [-0.39, 0.29) is 0 Å². The molecule has 0 amide bonds. The fraction of sp³-hybridized carbons (Fsp3) is 0. The first-order valence-corrected chi connectivity index (χ1v) is 15.7. The summed E-state index contributed by atoms with van der Waals surface area (Å²) in [6.45, 7) is 0. The number of rotatable bonds is 5. The lowest BCUT2D eigenvalue weighted by Crippen LogP contribution is -2.10. The van der Waals surface area contributed by atoms with Gasteiger partial charge in [-0.2, -0.15) is 0 Å². The van der Waals surface area contributed by atoms with E-state index in [1.165, 1.54) is 43.8 Å². The zero-order valence-electron chi connectivity index (χ0n) is 25.1. The van der Waals surface area contributed by atoms with E-state index in [9.17, 15) is 0 Å². The third-order valence-corrected chi connectivity index (χ3v) is 9.03. The summed E-state index contributed by atoms with van der Waals surface area (Å²) in [5, 5.41) is 7.20. The van der Waals surface area contributed by atoms with E-state index < -0.39 is 0 Å². The van der Waals surface area contributed by atoms with Gasteiger partial charge in [-0.25, -0.2) is 0 Å². The average Bonchev–Trinajstić information content (AvgIpc) is 3.50. The van der Waals surface area contributed by atoms with E-state index in [4.69, 9.17) is 4.42 Å². The average molecular weight is 588 g/mol. The summed E-state index contributed by atoms with van der Waals surface area (Å²) in [7, 11) is 0. The predicted molar refractivity (Wildman–Crippen MR) is 194 cm³/mol. The molecule has 0 saturated carbocycles. The molecule has 1 heterocycles. The lowest BCUT2D eigenvalue weighted by atomic mass is 9.99. The highest BCUT2D eigenvalue weighted by Crippen LogP contribution is 2.41. The Morgan fingerprint density at radius 3 is 1.85 bits per heavy atom. The van der Waals surface area contributed by atoms with Crippen LogP contribution in [-0.4, -0.2) is 0 Å². The van der Waals surface area contributed by atoms with Gasteiger partial charge in [0.2, 0.25) is 0 Å². The summed E-state index contributed by atoms with van der Waals surface area (Å²) in [6, 6.07) is 62.9. The Kier molecular flexibility index (Phi) is 6.17. The van der Waals surface area contributed by atoms with Crippen LogP contribution in [0.2, 0.25) is 0 Å². The number of fused-ring (bicyclic) bond motifs is 5. The van der Waals surface area contributed by atoms with Crippen LogP contribution in [0.25, 0.3) is 65.7 Å². The summed E-state index contributed by atoms with van der Waals surface area (Å²) in [6.07, 6.45) is 0. The van der Waals surface area contributed by atoms with E-state index >= 15 is 0 Å². The Morgan fingerprint density at radius 1 is 0.326 bits per heavy atom. The minimum Gasteiger partial charge on any atom is -0.456 e. The minimum atomic E-state index is 0.912.